The Morgan fingerprint density at radius 2 is 1.79 bits per heavy atom. The molecule has 4 heteroatoms. The predicted octanol–water partition coefficient (Wildman–Crippen LogP) is 4.80. The summed E-state index contributed by atoms with van der Waals surface area (Å²) in [5.74, 6) is 1.52. The van der Waals surface area contributed by atoms with Gasteiger partial charge in [0.2, 0.25) is 11.8 Å². The molecule has 2 amide bonds. The van der Waals surface area contributed by atoms with E-state index in [1.807, 2.05) is 38.1 Å². The molecule has 2 aliphatic carbocycles. The number of benzene rings is 2. The summed E-state index contributed by atoms with van der Waals surface area (Å²) in [6.07, 6.45) is 5.17. The minimum Gasteiger partial charge on any atom is -0.457 e. The number of aryl methyl sites for hydroxylation is 1. The van der Waals surface area contributed by atoms with Gasteiger partial charge in [-0.1, -0.05) is 24.3 Å². The van der Waals surface area contributed by atoms with E-state index in [0.717, 1.165) is 17.7 Å². The van der Waals surface area contributed by atoms with Crippen LogP contribution in [-0.2, 0) is 9.59 Å². The Balaban J connectivity index is 1.42. The van der Waals surface area contributed by atoms with Crippen molar-refractivity contribution in [1.29, 1.82) is 0 Å². The van der Waals surface area contributed by atoms with Crippen molar-refractivity contribution >= 4 is 17.5 Å². The lowest BCUT2D eigenvalue weighted by Crippen LogP contribution is -2.37. The van der Waals surface area contributed by atoms with E-state index in [2.05, 4.69) is 25.1 Å². The van der Waals surface area contributed by atoms with Gasteiger partial charge in [0.1, 0.15) is 11.5 Å². The lowest BCUT2D eigenvalue weighted by Gasteiger charge is -2.28. The first kappa shape index (κ1) is 17.2. The monoisotopic (exact) mass is 373 g/mol. The third kappa shape index (κ3) is 2.17. The molecule has 0 unspecified atom stereocenters. The van der Waals surface area contributed by atoms with Crippen molar-refractivity contribution in [3.8, 4) is 11.5 Å². The number of carbonyl (C=O) groups excluding carboxylic acids is 2. The van der Waals surface area contributed by atoms with Crippen molar-refractivity contribution in [3.63, 3.8) is 0 Å². The van der Waals surface area contributed by atoms with Crippen LogP contribution in [0, 0.1) is 37.0 Å². The lowest BCUT2D eigenvalue weighted by atomic mass is 9.71. The van der Waals surface area contributed by atoms with Crippen molar-refractivity contribution < 1.29 is 14.3 Å². The number of nitrogens with zero attached hydrogens (tertiary/aromatic N) is 1. The zero-order chi connectivity index (χ0) is 19.6. The van der Waals surface area contributed by atoms with Crippen LogP contribution in [0.2, 0.25) is 0 Å². The Hall–Kier alpha value is -2.88. The van der Waals surface area contributed by atoms with Crippen molar-refractivity contribution in [1.82, 2.24) is 0 Å². The molecule has 142 valence electrons. The summed E-state index contributed by atoms with van der Waals surface area (Å²) in [5.41, 5.74) is 2.30. The molecule has 1 saturated carbocycles. The second-order valence-electron chi connectivity index (χ2n) is 8.42. The average molecular weight is 373 g/mol. The molecule has 5 rings (SSSR count). The summed E-state index contributed by atoms with van der Waals surface area (Å²) >= 11 is 0. The molecule has 28 heavy (non-hydrogen) atoms. The maximum atomic E-state index is 13.2. The fraction of sp³-hybridized carbons (Fsp3) is 0.333. The quantitative estimate of drug-likeness (QED) is 0.574. The zero-order valence-corrected chi connectivity index (χ0v) is 16.3. The molecule has 1 heterocycles. The Labute approximate surface area is 164 Å². The van der Waals surface area contributed by atoms with Gasteiger partial charge in [0.25, 0.3) is 0 Å². The van der Waals surface area contributed by atoms with E-state index in [1.54, 1.807) is 12.1 Å². The second kappa shape index (κ2) is 5.81. The Morgan fingerprint density at radius 1 is 1.04 bits per heavy atom. The topological polar surface area (TPSA) is 46.6 Å². The van der Waals surface area contributed by atoms with Gasteiger partial charge in [-0.3, -0.25) is 9.59 Å². The first-order valence-corrected chi connectivity index (χ1v) is 9.82. The van der Waals surface area contributed by atoms with Gasteiger partial charge in [-0.05, 0) is 80.5 Å². The number of amides is 2. The molecule has 0 spiro atoms. The van der Waals surface area contributed by atoms with E-state index in [4.69, 9.17) is 4.74 Å². The van der Waals surface area contributed by atoms with Gasteiger partial charge in [-0.2, -0.15) is 0 Å². The van der Waals surface area contributed by atoms with Crippen LogP contribution in [0.3, 0.4) is 0 Å². The van der Waals surface area contributed by atoms with E-state index in [-0.39, 0.29) is 29.6 Å². The fourth-order valence-electron chi connectivity index (χ4n) is 5.18. The van der Waals surface area contributed by atoms with Gasteiger partial charge in [-0.15, -0.1) is 0 Å². The molecule has 0 aromatic heterocycles. The fourth-order valence-corrected chi connectivity index (χ4v) is 5.18. The molecule has 1 aliphatic heterocycles. The average Bonchev–Trinajstić information content (AvgIpc) is 3.32. The van der Waals surface area contributed by atoms with Gasteiger partial charge in [0, 0.05) is 0 Å². The zero-order valence-electron chi connectivity index (χ0n) is 16.3. The van der Waals surface area contributed by atoms with Crippen LogP contribution in [0.15, 0.2) is 54.6 Å². The summed E-state index contributed by atoms with van der Waals surface area (Å²) in [5, 5.41) is 0. The third-order valence-corrected chi connectivity index (χ3v) is 6.99. The number of carbonyl (C=O) groups is 2. The lowest BCUT2D eigenvalue weighted by molar-refractivity contribution is -0.127. The normalized spacial score (nSPS) is 30.2. The minimum absolute atomic E-state index is 0.0625. The smallest absolute Gasteiger partial charge is 0.241 e. The number of hydrogen-bond acceptors (Lipinski definition) is 3. The number of fused-ring (bicyclic) bond motifs is 5. The molecule has 2 aromatic carbocycles. The molecule has 2 bridgehead atoms. The van der Waals surface area contributed by atoms with Crippen molar-refractivity contribution in [2.75, 3.05) is 4.90 Å². The van der Waals surface area contributed by atoms with Crippen LogP contribution in [0.1, 0.15) is 24.5 Å². The van der Waals surface area contributed by atoms with E-state index in [1.165, 1.54) is 10.5 Å². The highest BCUT2D eigenvalue weighted by molar-refractivity contribution is 6.24. The van der Waals surface area contributed by atoms with Crippen molar-refractivity contribution in [2.45, 2.75) is 27.2 Å². The second-order valence-corrected chi connectivity index (χ2v) is 8.42. The SMILES string of the molecule is Cc1cccc(Oc2ccc(N3C(=O)[C@H]4[C@@H]5C=C[C@@H](C5)[C@]4(C)C3=O)cc2)c1C. The minimum atomic E-state index is -0.593. The first-order chi connectivity index (χ1) is 13.4. The number of ether oxygens (including phenoxy) is 1. The van der Waals surface area contributed by atoms with Gasteiger partial charge >= 0.3 is 0 Å². The van der Waals surface area contributed by atoms with Crippen molar-refractivity contribution in [2.24, 2.45) is 23.2 Å². The molecule has 0 radical (unpaired) electrons. The maximum absolute atomic E-state index is 13.2. The Morgan fingerprint density at radius 3 is 2.50 bits per heavy atom. The van der Waals surface area contributed by atoms with Gasteiger partial charge in [-0.25, -0.2) is 4.90 Å². The number of rotatable bonds is 3. The van der Waals surface area contributed by atoms with Crippen LogP contribution in [0.4, 0.5) is 5.69 Å². The van der Waals surface area contributed by atoms with Crippen LogP contribution >= 0.6 is 0 Å². The number of allylic oxidation sites excluding steroid dienone is 2. The molecule has 4 nitrogen and oxygen atoms in total. The van der Waals surface area contributed by atoms with E-state index in [9.17, 15) is 9.59 Å². The molecule has 3 aliphatic rings. The third-order valence-electron chi connectivity index (χ3n) is 6.99. The molecule has 2 aromatic rings. The highest BCUT2D eigenvalue weighted by atomic mass is 16.5. The van der Waals surface area contributed by atoms with E-state index in [0.29, 0.717) is 11.4 Å². The molecular formula is C24H23NO3. The number of anilines is 1. The largest absolute Gasteiger partial charge is 0.457 e. The summed E-state index contributed by atoms with van der Waals surface area (Å²) in [6.45, 7) is 6.04. The van der Waals surface area contributed by atoms with Gasteiger partial charge in [0.05, 0.1) is 17.0 Å². The molecule has 2 fully saturated rings. The Bertz CT molecular complexity index is 1020. The maximum Gasteiger partial charge on any atom is 0.241 e. The predicted molar refractivity (Wildman–Crippen MR) is 107 cm³/mol. The number of imide groups is 1. The summed E-state index contributed by atoms with van der Waals surface area (Å²) < 4.78 is 6.00. The van der Waals surface area contributed by atoms with Crippen LogP contribution < -0.4 is 9.64 Å². The van der Waals surface area contributed by atoms with Crippen LogP contribution in [-0.4, -0.2) is 11.8 Å². The summed E-state index contributed by atoms with van der Waals surface area (Å²) in [6, 6.07) is 13.2. The van der Waals surface area contributed by atoms with Crippen molar-refractivity contribution in [3.05, 3.63) is 65.7 Å². The van der Waals surface area contributed by atoms with Gasteiger partial charge in [0.15, 0.2) is 0 Å². The van der Waals surface area contributed by atoms with E-state index >= 15 is 0 Å². The standard InChI is InChI=1S/C24H23NO3/c1-14-5-4-6-20(15(14)2)28-19-11-9-18(10-12-19)25-22(26)21-16-7-8-17(13-16)24(21,3)23(25)27/h4-12,16-17,21H,13H2,1-3H3/t16-,17+,21-,24+/m1/s1. The first-order valence-electron chi connectivity index (χ1n) is 9.82. The van der Waals surface area contributed by atoms with Crippen LogP contribution in [0.25, 0.3) is 0 Å². The molecule has 0 N–H and O–H groups in total. The molecular weight excluding hydrogens is 350 g/mol. The molecule has 1 saturated heterocycles. The van der Waals surface area contributed by atoms with E-state index < -0.39 is 5.41 Å². The highest BCUT2D eigenvalue weighted by Gasteiger charge is 2.67. The summed E-state index contributed by atoms with van der Waals surface area (Å²) in [4.78, 5) is 27.7. The van der Waals surface area contributed by atoms with Crippen LogP contribution in [0.5, 0.6) is 11.5 Å². The number of hydrogen-bond donors (Lipinski definition) is 0. The summed E-state index contributed by atoms with van der Waals surface area (Å²) in [7, 11) is 0. The van der Waals surface area contributed by atoms with Gasteiger partial charge < -0.3 is 4.74 Å². The highest BCUT2D eigenvalue weighted by Crippen LogP contribution is 2.60. The molecule has 4 atom stereocenters. The Kier molecular flexibility index (Phi) is 3.57.